The Bertz CT molecular complexity index is 5040. The first-order chi connectivity index (χ1) is 58.2. The minimum absolute atomic E-state index is 0.141. The van der Waals surface area contributed by atoms with Crippen LogP contribution in [0.2, 0.25) is 20.1 Å². The summed E-state index contributed by atoms with van der Waals surface area (Å²) in [6.07, 6.45) is 4.39. The summed E-state index contributed by atoms with van der Waals surface area (Å²) in [5, 5.41) is 5.26. The van der Waals surface area contributed by atoms with Crippen molar-refractivity contribution in [2.24, 2.45) is 61.4 Å². The van der Waals surface area contributed by atoms with E-state index in [1.165, 1.54) is 0 Å². The minimum Gasteiger partial charge on any atom is -0.492 e. The van der Waals surface area contributed by atoms with Crippen LogP contribution >= 0.6 is 93.5 Å². The van der Waals surface area contributed by atoms with Crippen molar-refractivity contribution in [3.05, 3.63) is 53.8 Å². The summed E-state index contributed by atoms with van der Waals surface area (Å²) in [6.45, 7) is 62.4. The number of halogens is 4. The summed E-state index contributed by atoms with van der Waals surface area (Å²) in [6, 6.07) is 2.14. The van der Waals surface area contributed by atoms with Gasteiger partial charge in [-0.05, 0) is 150 Å². The first-order valence-corrected chi connectivity index (χ1v) is 50.9. The van der Waals surface area contributed by atoms with E-state index in [0.717, 1.165) is 155 Å². The maximum atomic E-state index is 8.34. The van der Waals surface area contributed by atoms with Crippen molar-refractivity contribution in [1.29, 1.82) is 0 Å². The normalized spacial score (nSPS) is 13.5. The molecular weight excluding hydrogens is 1700 g/mol. The number of nitrogens with one attached hydrogen (secondary N) is 1. The molecule has 0 fully saturated rings. The van der Waals surface area contributed by atoms with Crippen molar-refractivity contribution in [1.82, 2.24) is 19.4 Å². The number of amidine groups is 2. The van der Waals surface area contributed by atoms with Gasteiger partial charge in [-0.2, -0.15) is 9.62 Å². The van der Waals surface area contributed by atoms with Crippen LogP contribution in [0.3, 0.4) is 0 Å². The lowest BCUT2D eigenvalue weighted by Gasteiger charge is -2.32. The van der Waals surface area contributed by atoms with Crippen molar-refractivity contribution >= 4 is 155 Å². The maximum absolute atomic E-state index is 8.34. The molecule has 0 amide bonds. The Balaban J connectivity index is 1.56. The van der Waals surface area contributed by atoms with E-state index in [0.29, 0.717) is 202 Å². The predicted molar refractivity (Wildman–Crippen MR) is 516 cm³/mol. The Kier molecular flexibility index (Phi) is 36.6. The number of aromatic amines is 1. The third-order valence-corrected chi connectivity index (χ3v) is 30.6. The van der Waals surface area contributed by atoms with Gasteiger partial charge in [-0.15, -0.1) is 52.0 Å². The van der Waals surface area contributed by atoms with E-state index in [4.69, 9.17) is 109 Å². The number of aromatic nitrogens is 4. The fourth-order valence-electron chi connectivity index (χ4n) is 14.6. The van der Waals surface area contributed by atoms with Crippen molar-refractivity contribution < 1.29 is 56.0 Å². The third-order valence-electron chi connectivity index (χ3n) is 24.5. The van der Waals surface area contributed by atoms with E-state index in [-0.39, 0.29) is 59.6 Å². The second-order valence-electron chi connectivity index (χ2n) is 36.7. The quantitative estimate of drug-likeness (QED) is 0.0217. The number of nitrogens with zero attached hydrogens (tertiary/aromatic N) is 11. The monoisotopic (exact) mass is 1840 g/mol. The van der Waals surface area contributed by atoms with E-state index in [1.54, 1.807) is 56.4 Å². The predicted octanol–water partition coefficient (Wildman–Crippen LogP) is 23.4. The lowest BCUT2D eigenvalue weighted by molar-refractivity contribution is -0.903. The molecule has 10 rings (SSSR count). The van der Waals surface area contributed by atoms with Crippen molar-refractivity contribution in [3.63, 3.8) is 0 Å². The molecule has 6 heterocycles. The molecule has 676 valence electrons. The highest BCUT2D eigenvalue weighted by Crippen LogP contribution is 2.57. The molecule has 20 nitrogen and oxygen atoms in total. The van der Waals surface area contributed by atoms with Crippen LogP contribution in [0, 0.1) is 41.4 Å². The molecule has 4 aliphatic heterocycles. The van der Waals surface area contributed by atoms with Crippen LogP contribution in [0.1, 0.15) is 208 Å². The van der Waals surface area contributed by atoms with Gasteiger partial charge in [-0.3, -0.25) is 0 Å². The molecular formula is C94H144Cl4N12O8S4+4. The smallest absolute Gasteiger partial charge is 0.287 e. The largest absolute Gasteiger partial charge is 0.492 e. The van der Waals surface area contributed by atoms with Crippen LogP contribution in [-0.2, 0) is 11.3 Å². The van der Waals surface area contributed by atoms with Gasteiger partial charge in [-0.1, -0.05) is 162 Å². The highest BCUT2D eigenvalue weighted by Gasteiger charge is 2.43. The average Bonchev–Trinajstić information content (AvgIpc) is 1.53. The molecule has 0 aliphatic carbocycles. The minimum atomic E-state index is 0.141. The van der Waals surface area contributed by atoms with Crippen molar-refractivity contribution in [2.45, 2.75) is 217 Å². The van der Waals surface area contributed by atoms with Gasteiger partial charge in [-0.25, -0.2) is 9.98 Å². The number of benzene rings is 4. The molecule has 1 N–H and O–H groups in total. The summed E-state index contributed by atoms with van der Waals surface area (Å²) in [5.41, 5.74) is 2.99. The third kappa shape index (κ3) is 23.3. The molecule has 6 aromatic rings. The zero-order chi connectivity index (χ0) is 88.8. The van der Waals surface area contributed by atoms with Crippen LogP contribution < -0.4 is 44.1 Å². The number of hydrogen-bond acceptors (Lipinski definition) is 18. The van der Waals surface area contributed by atoms with Gasteiger partial charge in [0.2, 0.25) is 11.3 Å². The van der Waals surface area contributed by atoms with Gasteiger partial charge in [0.15, 0.2) is 34.7 Å². The number of quaternary nitrogens is 3. The first kappa shape index (κ1) is 99.4. The van der Waals surface area contributed by atoms with Crippen LogP contribution in [0.25, 0.3) is 43.8 Å². The Labute approximate surface area is 765 Å². The Morgan fingerprint density at radius 1 is 0.451 bits per heavy atom. The Morgan fingerprint density at radius 3 is 1.37 bits per heavy atom. The summed E-state index contributed by atoms with van der Waals surface area (Å²) in [4.78, 5) is 39.5. The molecule has 0 spiro atoms. The lowest BCUT2D eigenvalue weighted by atomic mass is 10.0. The number of rotatable bonds is 52. The van der Waals surface area contributed by atoms with Crippen molar-refractivity contribution in [3.8, 4) is 40.3 Å². The molecule has 0 saturated heterocycles. The van der Waals surface area contributed by atoms with Gasteiger partial charge in [0.1, 0.15) is 37.8 Å². The van der Waals surface area contributed by atoms with Crippen LogP contribution in [0.5, 0.6) is 34.5 Å². The number of fused-ring (bicyclic) bond motifs is 15. The molecule has 4 aliphatic rings. The summed E-state index contributed by atoms with van der Waals surface area (Å²) in [7, 11) is 6.94. The fourth-order valence-corrected chi connectivity index (χ4v) is 21.0. The summed E-state index contributed by atoms with van der Waals surface area (Å²) >= 11 is 39.7. The van der Waals surface area contributed by atoms with Crippen LogP contribution in [0.4, 0.5) is 11.6 Å². The summed E-state index contributed by atoms with van der Waals surface area (Å²) < 4.78 is 65.4. The zero-order valence-corrected chi connectivity index (χ0v) is 84.5. The second kappa shape index (κ2) is 45.0. The molecule has 4 aromatic carbocycles. The standard InChI is InChI=1S/C94H143Cl4N12O8S4/c1-26-105(27-2)40-50-120-84-65(56-111-55-63(21)22)67-71(80(75(84)96)114-46-36-59(13)14)93-104-94-73-72(81(115-47-37-60(15)16)77(98)86(83(73)117-49-39-62(19)20)122-53-43-110(25,32-7)33-8)92-103-90-70-69(79(113-45-35-58(11)12)76(97)85(82(70)116-48-38-61(17)18)121-52-42-109(24,30-5)31-6)89(101-90)100-87-64-54-66(119-51-41-108(23,28-3)29-4)74(95)78(112-44-34-57(9)10)68(64)88(99-87)102-91(67)106(93)118-107(92)94/h54,57-63H,26-53,55-56H2,1-25H3/q+3/p+1. The van der Waals surface area contributed by atoms with Crippen LogP contribution in [0.15, 0.2) is 50.2 Å². The van der Waals surface area contributed by atoms with E-state index >= 15 is 0 Å². The van der Waals surface area contributed by atoms with E-state index < -0.39 is 0 Å². The highest BCUT2D eigenvalue weighted by atomic mass is 35.5. The molecule has 6 bridgehead atoms. The van der Waals surface area contributed by atoms with Gasteiger partial charge in [0.25, 0.3) is 17.3 Å². The van der Waals surface area contributed by atoms with E-state index in [9.17, 15) is 0 Å². The fraction of sp³-hybridized carbons (Fsp3) is 0.660. The molecule has 0 saturated carbocycles. The van der Waals surface area contributed by atoms with E-state index in [2.05, 4.69) is 189 Å². The zero-order valence-electron chi connectivity index (χ0n) is 78.2. The SMILES string of the molecule is CCN(CC)CCSc1c(Cl)c(OCCC(C)C)c2c3nc4c5c(OCCC(C)C)c(SCC[N+](C)(CC)CC)c(Cl)c(OCCC(C)C)c5c5n4o[n+]-3c(c2c1COCC(C)C)N=c1[nH]c(c2cc(SCC[N+](C)(CC)CC)c(Cl)c(OCCC(C)C)c12)=NC1=NC(=N5)c2c(OCCC(C)C)c(SCC[N+](C)(CC)CC)c(Cl)c(OCCC(C)C)c21. The second-order valence-corrected chi connectivity index (χ2v) is 42.6. The molecule has 2 aromatic heterocycles. The topological polar surface area (TPSA) is 167 Å². The molecule has 28 heteroatoms. The van der Waals surface area contributed by atoms with Gasteiger partial charge >= 0.3 is 0 Å². The lowest BCUT2D eigenvalue weighted by Crippen LogP contribution is -2.45. The Hall–Kier alpha value is -4.80. The number of hydrogen-bond donors (Lipinski definition) is 1. The Morgan fingerprint density at radius 2 is 0.877 bits per heavy atom. The van der Waals surface area contributed by atoms with Crippen LogP contribution in [-0.4, -0.2) is 214 Å². The molecule has 0 atom stereocenters. The first-order valence-electron chi connectivity index (χ1n) is 45.4. The number of thioether (sulfide) groups is 4. The van der Waals surface area contributed by atoms with Crippen molar-refractivity contribution in [2.75, 3.05) is 169 Å². The highest BCUT2D eigenvalue weighted by molar-refractivity contribution is 8.00. The van der Waals surface area contributed by atoms with Gasteiger partial charge < -0.3 is 56.5 Å². The van der Waals surface area contributed by atoms with Gasteiger partial charge in [0.05, 0.1) is 173 Å². The molecule has 0 unspecified atom stereocenters. The van der Waals surface area contributed by atoms with Gasteiger partial charge in [0, 0.05) is 56.9 Å². The average molecular weight is 1840 g/mol. The van der Waals surface area contributed by atoms with E-state index in [1.807, 2.05) is 0 Å². The molecule has 122 heavy (non-hydrogen) atoms. The summed E-state index contributed by atoms with van der Waals surface area (Å²) in [5.74, 6) is 9.00. The number of ether oxygens (including phenoxy) is 7. The number of H-pyrrole nitrogens is 1. The maximum Gasteiger partial charge on any atom is 0.287 e. The number of aliphatic imine (C=N–C) groups is 2. The molecule has 0 radical (unpaired) electrons.